The van der Waals surface area contributed by atoms with E-state index in [4.69, 9.17) is 0 Å². The molecule has 0 N–H and O–H groups in total. The van der Waals surface area contributed by atoms with Gasteiger partial charge in [0.05, 0.1) is 16.6 Å². The summed E-state index contributed by atoms with van der Waals surface area (Å²) in [5.74, 6) is 0. The molecule has 0 bridgehead atoms. The van der Waals surface area contributed by atoms with E-state index in [1.54, 1.807) is 0 Å². The van der Waals surface area contributed by atoms with Crippen molar-refractivity contribution in [3.63, 3.8) is 0 Å². The zero-order chi connectivity index (χ0) is 23.7. The van der Waals surface area contributed by atoms with Crippen molar-refractivity contribution in [2.75, 3.05) is 0 Å². The van der Waals surface area contributed by atoms with Gasteiger partial charge in [0.15, 0.2) is 0 Å². The highest BCUT2D eigenvalue weighted by Gasteiger charge is 2.42. The molecule has 0 saturated heterocycles. The fourth-order valence-electron chi connectivity index (χ4n) is 5.42. The van der Waals surface area contributed by atoms with Gasteiger partial charge in [-0.2, -0.15) is 0 Å². The van der Waals surface area contributed by atoms with Gasteiger partial charge in [-0.25, -0.2) is 4.68 Å². The first kappa shape index (κ1) is 21.3. The van der Waals surface area contributed by atoms with Gasteiger partial charge in [-0.1, -0.05) is 108 Å². The molecule has 2 aliphatic rings. The molecule has 0 amide bonds. The van der Waals surface area contributed by atoms with E-state index >= 15 is 0 Å². The van der Waals surface area contributed by atoms with E-state index in [1.165, 1.54) is 27.8 Å². The zero-order valence-electron chi connectivity index (χ0n) is 19.8. The molecule has 1 aromatic heterocycles. The molecule has 0 saturated carbocycles. The summed E-state index contributed by atoms with van der Waals surface area (Å²) in [4.78, 5) is 0. The number of rotatable bonds is 5. The summed E-state index contributed by atoms with van der Waals surface area (Å²) in [5, 5.41) is 8.90. The zero-order valence-corrected chi connectivity index (χ0v) is 19.8. The maximum atomic E-state index is 4.50. The lowest BCUT2D eigenvalue weighted by molar-refractivity contribution is 0.708. The Morgan fingerprint density at radius 2 is 1.80 bits per heavy atom. The van der Waals surface area contributed by atoms with Crippen molar-refractivity contribution in [2.24, 2.45) is 0 Å². The SMILES string of the molecule is C/C=C\C=C/C1=CC(C2=CC=CCC2)(c2ccccc2)c2cc(-n3nnc4ccccc43)ccc21. The molecule has 3 aromatic carbocycles. The van der Waals surface area contributed by atoms with Crippen LogP contribution in [0.4, 0.5) is 0 Å². The second kappa shape index (κ2) is 8.84. The number of hydrogen-bond acceptors (Lipinski definition) is 2. The predicted octanol–water partition coefficient (Wildman–Crippen LogP) is 7.51. The maximum absolute atomic E-state index is 4.50. The number of nitrogens with zero attached hydrogens (tertiary/aromatic N) is 3. The molecule has 0 spiro atoms. The van der Waals surface area contributed by atoms with Crippen LogP contribution in [0, 0.1) is 0 Å². The Morgan fingerprint density at radius 1 is 0.943 bits per heavy atom. The van der Waals surface area contributed by atoms with E-state index in [2.05, 4.69) is 114 Å². The second-order valence-electron chi connectivity index (χ2n) is 9.04. The molecule has 2 aliphatic carbocycles. The van der Waals surface area contributed by atoms with Crippen LogP contribution in [0.5, 0.6) is 0 Å². The molecule has 35 heavy (non-hydrogen) atoms. The van der Waals surface area contributed by atoms with Crippen LogP contribution in [0.3, 0.4) is 0 Å². The van der Waals surface area contributed by atoms with Crippen molar-refractivity contribution in [3.05, 3.63) is 144 Å². The number of allylic oxidation sites excluding steroid dienone is 10. The van der Waals surface area contributed by atoms with Crippen molar-refractivity contribution in [1.82, 2.24) is 15.0 Å². The average molecular weight is 454 g/mol. The lowest BCUT2D eigenvalue weighted by Gasteiger charge is -2.34. The van der Waals surface area contributed by atoms with Crippen LogP contribution >= 0.6 is 0 Å². The highest BCUT2D eigenvalue weighted by Crippen LogP contribution is 2.52. The van der Waals surface area contributed by atoms with Crippen LogP contribution in [0.25, 0.3) is 22.3 Å². The molecule has 0 radical (unpaired) electrons. The Kier molecular flexibility index (Phi) is 5.38. The van der Waals surface area contributed by atoms with E-state index < -0.39 is 0 Å². The fourth-order valence-corrected chi connectivity index (χ4v) is 5.42. The first-order valence-corrected chi connectivity index (χ1v) is 12.2. The standard InChI is InChI=1S/C32H27N3/c1-2-3-6-13-24-23-32(25-14-7-4-8-15-25,26-16-9-5-10-17-26)29-22-27(20-21-28(24)29)35-31-19-12-11-18-30(31)33-34-35/h2-9,11-16,18-23H,10,17H2,1H3/b3-2-,13-6-. The number of fused-ring (bicyclic) bond motifs is 2. The Hall–Kier alpha value is -4.24. The molecule has 6 rings (SSSR count). The normalized spacial score (nSPS) is 19.5. The molecule has 3 nitrogen and oxygen atoms in total. The number of hydrogen-bond donors (Lipinski definition) is 0. The Bertz CT molecular complexity index is 1550. The van der Waals surface area contributed by atoms with Crippen LogP contribution < -0.4 is 0 Å². The molecule has 0 aliphatic heterocycles. The molecule has 3 heteroatoms. The van der Waals surface area contributed by atoms with Gasteiger partial charge in [0.2, 0.25) is 0 Å². The quantitative estimate of drug-likeness (QED) is 0.293. The number of para-hydroxylation sites is 1. The van der Waals surface area contributed by atoms with Gasteiger partial charge in [0, 0.05) is 0 Å². The van der Waals surface area contributed by atoms with Crippen molar-refractivity contribution < 1.29 is 0 Å². The predicted molar refractivity (Wildman–Crippen MR) is 144 cm³/mol. The van der Waals surface area contributed by atoms with E-state index in [0.29, 0.717) is 0 Å². The average Bonchev–Trinajstić information content (AvgIpc) is 3.50. The van der Waals surface area contributed by atoms with Gasteiger partial charge in [-0.15, -0.1) is 5.10 Å². The van der Waals surface area contributed by atoms with Crippen LogP contribution in [-0.2, 0) is 5.41 Å². The first-order valence-electron chi connectivity index (χ1n) is 12.2. The van der Waals surface area contributed by atoms with Crippen molar-refractivity contribution >= 4 is 16.6 Å². The minimum Gasteiger partial charge on any atom is -0.213 e. The molecular formula is C32H27N3. The van der Waals surface area contributed by atoms with E-state index in [-0.39, 0.29) is 5.41 Å². The van der Waals surface area contributed by atoms with Crippen molar-refractivity contribution in [3.8, 4) is 5.69 Å². The number of aromatic nitrogens is 3. The van der Waals surface area contributed by atoms with Crippen LogP contribution in [-0.4, -0.2) is 15.0 Å². The second-order valence-corrected chi connectivity index (χ2v) is 9.04. The molecule has 1 heterocycles. The fraction of sp³-hybridized carbons (Fsp3) is 0.125. The maximum Gasteiger partial charge on any atom is 0.113 e. The topological polar surface area (TPSA) is 30.7 Å². The van der Waals surface area contributed by atoms with Crippen molar-refractivity contribution in [2.45, 2.75) is 25.2 Å². The summed E-state index contributed by atoms with van der Waals surface area (Å²) < 4.78 is 1.95. The Morgan fingerprint density at radius 3 is 2.63 bits per heavy atom. The van der Waals surface area contributed by atoms with Gasteiger partial charge in [-0.3, -0.25) is 0 Å². The summed E-state index contributed by atoms with van der Waals surface area (Å²) in [6.45, 7) is 2.05. The summed E-state index contributed by atoms with van der Waals surface area (Å²) in [7, 11) is 0. The van der Waals surface area contributed by atoms with Crippen LogP contribution in [0.15, 0.2) is 127 Å². The van der Waals surface area contributed by atoms with E-state index in [1.807, 2.05) is 29.8 Å². The third-order valence-corrected chi connectivity index (χ3v) is 7.04. The lowest BCUT2D eigenvalue weighted by atomic mass is 9.68. The first-order chi connectivity index (χ1) is 17.3. The number of benzene rings is 3. The largest absolute Gasteiger partial charge is 0.213 e. The Labute approximate surface area is 206 Å². The van der Waals surface area contributed by atoms with Crippen molar-refractivity contribution in [1.29, 1.82) is 0 Å². The minimum absolute atomic E-state index is 0.330. The van der Waals surface area contributed by atoms with E-state index in [9.17, 15) is 0 Å². The monoisotopic (exact) mass is 453 g/mol. The molecule has 1 atom stereocenters. The van der Waals surface area contributed by atoms with Gasteiger partial charge >= 0.3 is 0 Å². The van der Waals surface area contributed by atoms with Crippen LogP contribution in [0.2, 0.25) is 0 Å². The van der Waals surface area contributed by atoms with Gasteiger partial charge < -0.3 is 0 Å². The molecule has 1 unspecified atom stereocenters. The summed E-state index contributed by atoms with van der Waals surface area (Å²) in [6, 6.07) is 25.7. The summed E-state index contributed by atoms with van der Waals surface area (Å²) in [6.07, 6.45) is 19.8. The molecular weight excluding hydrogens is 426 g/mol. The van der Waals surface area contributed by atoms with Gasteiger partial charge in [-0.05, 0) is 66.3 Å². The highest BCUT2D eigenvalue weighted by molar-refractivity contribution is 5.87. The third-order valence-electron chi connectivity index (χ3n) is 7.04. The lowest BCUT2D eigenvalue weighted by Crippen LogP contribution is -2.27. The minimum atomic E-state index is -0.330. The molecule has 0 fully saturated rings. The highest BCUT2D eigenvalue weighted by atomic mass is 15.4. The smallest absolute Gasteiger partial charge is 0.113 e. The third kappa shape index (κ3) is 3.52. The van der Waals surface area contributed by atoms with Crippen LogP contribution in [0.1, 0.15) is 36.5 Å². The summed E-state index contributed by atoms with van der Waals surface area (Å²) >= 11 is 0. The van der Waals surface area contributed by atoms with E-state index in [0.717, 1.165) is 29.6 Å². The van der Waals surface area contributed by atoms with Gasteiger partial charge in [0.25, 0.3) is 0 Å². The molecule has 170 valence electrons. The Balaban J connectivity index is 1.63. The molecule has 4 aromatic rings. The summed E-state index contributed by atoms with van der Waals surface area (Å²) in [5.41, 5.74) is 9.11. The van der Waals surface area contributed by atoms with Gasteiger partial charge in [0.1, 0.15) is 5.52 Å².